The number of likely N-dealkylation sites (tertiary alicyclic amines) is 1. The van der Waals surface area contributed by atoms with Crippen molar-refractivity contribution < 1.29 is 9.53 Å². The van der Waals surface area contributed by atoms with Gasteiger partial charge in [-0.25, -0.2) is 4.98 Å². The van der Waals surface area contributed by atoms with Crippen LogP contribution in [0.3, 0.4) is 0 Å². The van der Waals surface area contributed by atoms with Gasteiger partial charge in [-0.3, -0.25) is 4.79 Å². The largest absolute Gasteiger partial charge is 0.385 e. The minimum Gasteiger partial charge on any atom is -0.385 e. The van der Waals surface area contributed by atoms with E-state index < -0.39 is 0 Å². The second-order valence-electron chi connectivity index (χ2n) is 9.09. The number of aryl methyl sites for hydroxylation is 1. The van der Waals surface area contributed by atoms with Gasteiger partial charge < -0.3 is 25.3 Å². The molecule has 1 amide bonds. The van der Waals surface area contributed by atoms with E-state index in [0.29, 0.717) is 12.3 Å². The number of methoxy groups -OCH3 is 1. The molecule has 1 unspecified atom stereocenters. The fourth-order valence-electron chi connectivity index (χ4n) is 5.19. The lowest BCUT2D eigenvalue weighted by Crippen LogP contribution is -2.45. The summed E-state index contributed by atoms with van der Waals surface area (Å²) in [6.45, 7) is 5.21. The minimum atomic E-state index is -0.0337. The number of nitrogens with one attached hydrogen (secondary N) is 1. The predicted octanol–water partition coefficient (Wildman–Crippen LogP) is 2.50. The van der Waals surface area contributed by atoms with Crippen LogP contribution in [0.25, 0.3) is 11.0 Å². The van der Waals surface area contributed by atoms with Crippen molar-refractivity contribution in [1.82, 2.24) is 19.8 Å². The lowest BCUT2D eigenvalue weighted by Gasteiger charge is -2.34. The Morgan fingerprint density at radius 1 is 1.29 bits per heavy atom. The van der Waals surface area contributed by atoms with Gasteiger partial charge in [-0.2, -0.15) is 0 Å². The van der Waals surface area contributed by atoms with Crippen LogP contribution in [0.5, 0.6) is 0 Å². The Morgan fingerprint density at radius 2 is 2.10 bits per heavy atom. The normalized spacial score (nSPS) is 21.5. The number of aromatic nitrogens is 2. The molecule has 0 bridgehead atoms. The molecule has 2 saturated heterocycles. The number of amides is 1. The van der Waals surface area contributed by atoms with Crippen LogP contribution in [0.4, 0.5) is 0 Å². The van der Waals surface area contributed by atoms with Gasteiger partial charge in [0.15, 0.2) is 0 Å². The fourth-order valence-corrected chi connectivity index (χ4v) is 5.19. The van der Waals surface area contributed by atoms with Crippen LogP contribution in [0.1, 0.15) is 50.3 Å². The molecule has 2 atom stereocenters. The monoisotopic (exact) mass is 427 g/mol. The van der Waals surface area contributed by atoms with Crippen LogP contribution in [-0.4, -0.2) is 66.3 Å². The van der Waals surface area contributed by atoms with Crippen LogP contribution < -0.4 is 11.1 Å². The van der Waals surface area contributed by atoms with E-state index in [1.54, 1.807) is 7.11 Å². The van der Waals surface area contributed by atoms with E-state index in [-0.39, 0.29) is 17.9 Å². The number of benzene rings is 1. The number of fused-ring (bicyclic) bond motifs is 1. The van der Waals surface area contributed by atoms with Gasteiger partial charge in [-0.05, 0) is 63.2 Å². The van der Waals surface area contributed by atoms with E-state index in [0.717, 1.165) is 82.8 Å². The Bertz CT molecular complexity index is 861. The molecule has 3 heterocycles. The van der Waals surface area contributed by atoms with Gasteiger partial charge in [0.2, 0.25) is 5.91 Å². The highest BCUT2D eigenvalue weighted by molar-refractivity contribution is 5.77. The second-order valence-corrected chi connectivity index (χ2v) is 9.09. The van der Waals surface area contributed by atoms with E-state index in [9.17, 15) is 4.79 Å². The molecule has 0 saturated carbocycles. The van der Waals surface area contributed by atoms with Crippen molar-refractivity contribution in [2.24, 2.45) is 11.7 Å². The van der Waals surface area contributed by atoms with Gasteiger partial charge >= 0.3 is 0 Å². The summed E-state index contributed by atoms with van der Waals surface area (Å²) in [6.07, 6.45) is 5.63. The standard InChI is InChI=1S/C24H37N5O2/c1-31-15-5-14-29-22-8-3-2-7-21(22)27-24(29)19-6-4-13-28(17-19)23(30)16-20(25)18-9-11-26-12-10-18/h2-3,7-8,18-20,26H,4-6,9-17,25H2,1H3/t19-,20?/m1/s1. The van der Waals surface area contributed by atoms with Crippen LogP contribution in [0.2, 0.25) is 0 Å². The summed E-state index contributed by atoms with van der Waals surface area (Å²) in [5.41, 5.74) is 8.65. The quantitative estimate of drug-likeness (QED) is 0.632. The Balaban J connectivity index is 1.46. The third-order valence-electron chi connectivity index (χ3n) is 6.95. The van der Waals surface area contributed by atoms with Gasteiger partial charge in [0.05, 0.1) is 11.0 Å². The Morgan fingerprint density at radius 3 is 2.90 bits per heavy atom. The molecule has 1 aromatic carbocycles. The van der Waals surface area contributed by atoms with E-state index in [1.165, 1.54) is 5.52 Å². The average molecular weight is 428 g/mol. The van der Waals surface area contributed by atoms with Crippen LogP contribution >= 0.6 is 0 Å². The molecule has 0 radical (unpaired) electrons. The Kier molecular flexibility index (Phi) is 7.58. The van der Waals surface area contributed by atoms with Crippen molar-refractivity contribution in [3.8, 4) is 0 Å². The summed E-state index contributed by atoms with van der Waals surface area (Å²) < 4.78 is 7.61. The van der Waals surface area contributed by atoms with Crippen molar-refractivity contribution in [1.29, 1.82) is 0 Å². The summed E-state index contributed by atoms with van der Waals surface area (Å²) in [6, 6.07) is 8.29. The lowest BCUT2D eigenvalue weighted by atomic mass is 9.88. The number of piperidine rings is 2. The first kappa shape index (κ1) is 22.2. The third kappa shape index (κ3) is 5.27. The summed E-state index contributed by atoms with van der Waals surface area (Å²) >= 11 is 0. The number of hydrogen-bond donors (Lipinski definition) is 2. The molecule has 7 nitrogen and oxygen atoms in total. The number of nitrogens with zero attached hydrogens (tertiary/aromatic N) is 3. The molecule has 2 fully saturated rings. The van der Waals surface area contributed by atoms with Crippen molar-refractivity contribution >= 4 is 16.9 Å². The van der Waals surface area contributed by atoms with Crippen molar-refractivity contribution in [2.45, 2.75) is 57.0 Å². The summed E-state index contributed by atoms with van der Waals surface area (Å²) in [5.74, 6) is 2.04. The number of carbonyl (C=O) groups excluding carboxylic acids is 1. The first-order valence-electron chi connectivity index (χ1n) is 11.9. The molecule has 2 aliphatic rings. The fraction of sp³-hybridized carbons (Fsp3) is 0.667. The molecule has 2 aliphatic heterocycles. The number of hydrogen-bond acceptors (Lipinski definition) is 5. The summed E-state index contributed by atoms with van der Waals surface area (Å²) in [7, 11) is 1.74. The van der Waals surface area contributed by atoms with Gasteiger partial charge in [0.25, 0.3) is 0 Å². The topological polar surface area (TPSA) is 85.4 Å². The molecule has 0 aliphatic carbocycles. The summed E-state index contributed by atoms with van der Waals surface area (Å²) in [4.78, 5) is 20.1. The van der Waals surface area contributed by atoms with Crippen LogP contribution in [0, 0.1) is 5.92 Å². The number of imidazole rings is 1. The van der Waals surface area contributed by atoms with Crippen molar-refractivity contribution in [3.63, 3.8) is 0 Å². The maximum absolute atomic E-state index is 13.1. The molecule has 2 aromatic rings. The minimum absolute atomic E-state index is 0.0337. The molecule has 0 spiro atoms. The molecular formula is C24H37N5O2. The zero-order valence-electron chi connectivity index (χ0n) is 18.8. The maximum Gasteiger partial charge on any atom is 0.224 e. The molecule has 7 heteroatoms. The highest BCUT2D eigenvalue weighted by Gasteiger charge is 2.30. The molecule has 4 rings (SSSR count). The zero-order valence-corrected chi connectivity index (χ0v) is 18.8. The zero-order chi connectivity index (χ0) is 21.6. The molecule has 31 heavy (non-hydrogen) atoms. The SMILES string of the molecule is COCCCn1c([C@@H]2CCCN(C(=O)CC(N)C3CCNCC3)C2)nc2ccccc21. The van der Waals surface area contributed by atoms with Crippen LogP contribution in [0.15, 0.2) is 24.3 Å². The lowest BCUT2D eigenvalue weighted by molar-refractivity contribution is -0.133. The maximum atomic E-state index is 13.1. The van der Waals surface area contributed by atoms with Crippen molar-refractivity contribution in [3.05, 3.63) is 30.1 Å². The molecule has 3 N–H and O–H groups in total. The van der Waals surface area contributed by atoms with Crippen LogP contribution in [-0.2, 0) is 16.1 Å². The second kappa shape index (κ2) is 10.6. The van der Waals surface area contributed by atoms with Gasteiger partial charge in [0.1, 0.15) is 5.82 Å². The van der Waals surface area contributed by atoms with E-state index in [4.69, 9.17) is 15.5 Å². The third-order valence-corrected chi connectivity index (χ3v) is 6.95. The Labute approximate surface area is 185 Å². The van der Waals surface area contributed by atoms with Gasteiger partial charge in [-0.1, -0.05) is 12.1 Å². The first-order chi connectivity index (χ1) is 15.2. The highest BCUT2D eigenvalue weighted by Crippen LogP contribution is 2.30. The number of carbonyl (C=O) groups is 1. The van der Waals surface area contributed by atoms with E-state index in [1.807, 2.05) is 11.0 Å². The molecule has 1 aromatic heterocycles. The van der Waals surface area contributed by atoms with Gasteiger partial charge in [0, 0.05) is 51.7 Å². The summed E-state index contributed by atoms with van der Waals surface area (Å²) in [5, 5.41) is 3.38. The molecular weight excluding hydrogens is 390 g/mol. The van der Waals surface area contributed by atoms with Crippen molar-refractivity contribution in [2.75, 3.05) is 39.9 Å². The first-order valence-corrected chi connectivity index (χ1v) is 11.9. The van der Waals surface area contributed by atoms with Gasteiger partial charge in [-0.15, -0.1) is 0 Å². The highest BCUT2D eigenvalue weighted by atomic mass is 16.5. The number of nitrogens with two attached hydrogens (primary N) is 1. The predicted molar refractivity (Wildman–Crippen MR) is 123 cm³/mol. The van der Waals surface area contributed by atoms with E-state index >= 15 is 0 Å². The van der Waals surface area contributed by atoms with E-state index in [2.05, 4.69) is 28.1 Å². The smallest absolute Gasteiger partial charge is 0.224 e. The Hall–Kier alpha value is -1.96. The average Bonchev–Trinajstić information content (AvgIpc) is 3.18. The number of rotatable bonds is 8. The molecule has 170 valence electrons. The number of para-hydroxylation sites is 2. The number of ether oxygens (including phenoxy) is 1.